The third-order valence-corrected chi connectivity index (χ3v) is 6.22. The van der Waals surface area contributed by atoms with E-state index < -0.39 is 6.10 Å². The first-order chi connectivity index (χ1) is 13.9. The molecule has 29 heavy (non-hydrogen) atoms. The van der Waals surface area contributed by atoms with Crippen LogP contribution in [0.25, 0.3) is 11.5 Å². The molecule has 158 valence electrons. The van der Waals surface area contributed by atoms with Crippen LogP contribution in [0.4, 0.5) is 5.95 Å². The number of aliphatic hydroxyl groups is 1. The zero-order valence-corrected chi connectivity index (χ0v) is 17.8. The van der Waals surface area contributed by atoms with Gasteiger partial charge in [0.1, 0.15) is 11.5 Å². The number of aromatic nitrogens is 5. The topological polar surface area (TPSA) is 101 Å². The Morgan fingerprint density at radius 1 is 1.28 bits per heavy atom. The molecule has 2 aliphatic rings. The summed E-state index contributed by atoms with van der Waals surface area (Å²) >= 11 is 6.41. The number of halogens is 1. The van der Waals surface area contributed by atoms with Gasteiger partial charge in [0.2, 0.25) is 5.95 Å². The number of anilines is 1. The smallest absolute Gasteiger partial charge is 0.223 e. The first-order valence-electron chi connectivity index (χ1n) is 10.1. The van der Waals surface area contributed by atoms with Crippen molar-refractivity contribution in [3.05, 3.63) is 17.0 Å². The Morgan fingerprint density at radius 3 is 2.86 bits per heavy atom. The fourth-order valence-corrected chi connectivity index (χ4v) is 4.43. The van der Waals surface area contributed by atoms with Crippen LogP contribution in [-0.2, 0) is 11.8 Å². The van der Waals surface area contributed by atoms with Crippen molar-refractivity contribution in [2.45, 2.75) is 37.8 Å². The SMILES string of the molecule is C[C@H]1CN(C)CC[C@H]1c1nnc(-c2nc(N[C@@H]3CCOC[C@H]3O)ncc2Cl)n1C. The fourth-order valence-electron chi connectivity index (χ4n) is 4.26. The van der Waals surface area contributed by atoms with Crippen LogP contribution >= 0.6 is 11.6 Å². The molecule has 0 spiro atoms. The molecule has 9 nitrogen and oxygen atoms in total. The molecule has 4 heterocycles. The van der Waals surface area contributed by atoms with Crippen LogP contribution < -0.4 is 5.32 Å². The second-order valence-corrected chi connectivity index (χ2v) is 8.55. The molecular formula is C19H28ClN7O2. The van der Waals surface area contributed by atoms with Crippen LogP contribution in [0.5, 0.6) is 0 Å². The molecule has 2 aromatic heterocycles. The van der Waals surface area contributed by atoms with Crippen molar-refractivity contribution < 1.29 is 9.84 Å². The molecule has 0 aliphatic carbocycles. The molecule has 4 rings (SSSR count). The third-order valence-electron chi connectivity index (χ3n) is 5.95. The van der Waals surface area contributed by atoms with E-state index in [9.17, 15) is 5.11 Å². The monoisotopic (exact) mass is 421 g/mol. The fraction of sp³-hybridized carbons (Fsp3) is 0.684. The number of aliphatic hydroxyl groups excluding tert-OH is 1. The summed E-state index contributed by atoms with van der Waals surface area (Å²) in [6.07, 6.45) is 2.70. The molecule has 4 atom stereocenters. The zero-order chi connectivity index (χ0) is 20.5. The van der Waals surface area contributed by atoms with Gasteiger partial charge in [0.05, 0.1) is 30.0 Å². The molecule has 0 radical (unpaired) electrons. The van der Waals surface area contributed by atoms with Crippen LogP contribution in [0.2, 0.25) is 5.02 Å². The molecule has 0 aromatic carbocycles. The average molecular weight is 422 g/mol. The molecule has 2 fully saturated rings. The van der Waals surface area contributed by atoms with Gasteiger partial charge in [-0.05, 0) is 32.4 Å². The molecule has 2 N–H and O–H groups in total. The first-order valence-corrected chi connectivity index (χ1v) is 10.4. The van der Waals surface area contributed by atoms with Gasteiger partial charge in [-0.1, -0.05) is 18.5 Å². The minimum Gasteiger partial charge on any atom is -0.389 e. The number of piperidine rings is 1. The van der Waals surface area contributed by atoms with E-state index in [4.69, 9.17) is 16.3 Å². The van der Waals surface area contributed by atoms with E-state index in [1.54, 1.807) is 6.20 Å². The summed E-state index contributed by atoms with van der Waals surface area (Å²) in [5.74, 6) is 2.84. The lowest BCUT2D eigenvalue weighted by Gasteiger charge is -2.34. The van der Waals surface area contributed by atoms with Crippen molar-refractivity contribution in [3.63, 3.8) is 0 Å². The van der Waals surface area contributed by atoms with Crippen molar-refractivity contribution in [2.24, 2.45) is 13.0 Å². The standard InChI is InChI=1S/C19H28ClN7O2/c1-11-9-26(2)6-4-12(11)17-24-25-18(27(17)3)16-13(20)8-21-19(23-16)22-14-5-7-29-10-15(14)28/h8,11-12,14-15,28H,4-7,9-10H2,1-3H3,(H,21,22,23)/t11-,12+,14+,15+/m0/s1. The summed E-state index contributed by atoms with van der Waals surface area (Å²) in [5.41, 5.74) is 0.535. The lowest BCUT2D eigenvalue weighted by atomic mass is 9.86. The highest BCUT2D eigenvalue weighted by atomic mass is 35.5. The Bertz CT molecular complexity index is 861. The maximum Gasteiger partial charge on any atom is 0.223 e. The summed E-state index contributed by atoms with van der Waals surface area (Å²) in [5, 5.41) is 22.6. The van der Waals surface area contributed by atoms with Gasteiger partial charge < -0.3 is 24.6 Å². The Labute approximate surface area is 175 Å². The molecule has 0 amide bonds. The van der Waals surface area contributed by atoms with Gasteiger partial charge in [-0.2, -0.15) is 0 Å². The summed E-state index contributed by atoms with van der Waals surface area (Å²) in [6.45, 7) is 5.25. The Balaban J connectivity index is 1.59. The van der Waals surface area contributed by atoms with E-state index in [-0.39, 0.29) is 6.04 Å². The molecule has 0 bridgehead atoms. The molecule has 0 unspecified atom stereocenters. The van der Waals surface area contributed by atoms with Crippen molar-refractivity contribution in [3.8, 4) is 11.5 Å². The van der Waals surface area contributed by atoms with E-state index in [1.165, 1.54) is 0 Å². The largest absolute Gasteiger partial charge is 0.389 e. The maximum absolute atomic E-state index is 10.1. The van der Waals surface area contributed by atoms with E-state index in [0.717, 1.165) is 25.3 Å². The van der Waals surface area contributed by atoms with E-state index in [0.29, 0.717) is 54.0 Å². The van der Waals surface area contributed by atoms with Crippen LogP contribution in [-0.4, -0.2) is 80.2 Å². The first kappa shape index (κ1) is 20.5. The summed E-state index contributed by atoms with van der Waals surface area (Å²) in [6, 6.07) is -0.159. The number of rotatable bonds is 4. The predicted octanol–water partition coefficient (Wildman–Crippen LogP) is 1.54. The van der Waals surface area contributed by atoms with E-state index in [2.05, 4.69) is 44.4 Å². The van der Waals surface area contributed by atoms with E-state index >= 15 is 0 Å². The quantitative estimate of drug-likeness (QED) is 0.766. The van der Waals surface area contributed by atoms with Crippen molar-refractivity contribution in [2.75, 3.05) is 38.7 Å². The van der Waals surface area contributed by atoms with Gasteiger partial charge in [-0.3, -0.25) is 0 Å². The highest BCUT2D eigenvalue weighted by molar-refractivity contribution is 6.32. The van der Waals surface area contributed by atoms with Crippen LogP contribution in [0.15, 0.2) is 6.20 Å². The van der Waals surface area contributed by atoms with Gasteiger partial charge in [-0.25, -0.2) is 9.97 Å². The molecule has 2 saturated heterocycles. The number of likely N-dealkylation sites (tertiary alicyclic amines) is 1. The molecule has 10 heteroatoms. The average Bonchev–Trinajstić information content (AvgIpc) is 3.06. The Kier molecular flexibility index (Phi) is 6.00. The molecule has 0 saturated carbocycles. The van der Waals surface area contributed by atoms with Gasteiger partial charge in [-0.15, -0.1) is 10.2 Å². The minimum atomic E-state index is -0.598. The van der Waals surface area contributed by atoms with Gasteiger partial charge in [0.15, 0.2) is 5.82 Å². The van der Waals surface area contributed by atoms with Crippen LogP contribution in [0, 0.1) is 5.92 Å². The van der Waals surface area contributed by atoms with Gasteiger partial charge in [0, 0.05) is 26.1 Å². The highest BCUT2D eigenvalue weighted by Gasteiger charge is 2.31. The van der Waals surface area contributed by atoms with Gasteiger partial charge >= 0.3 is 0 Å². The van der Waals surface area contributed by atoms with E-state index in [1.807, 2.05) is 11.6 Å². The maximum atomic E-state index is 10.1. The lowest BCUT2D eigenvalue weighted by molar-refractivity contribution is -0.0136. The third kappa shape index (κ3) is 4.23. The number of nitrogens with one attached hydrogen (secondary N) is 1. The Hall–Kier alpha value is -1.81. The second-order valence-electron chi connectivity index (χ2n) is 8.15. The number of hydrogen-bond acceptors (Lipinski definition) is 8. The van der Waals surface area contributed by atoms with Crippen LogP contribution in [0.1, 0.15) is 31.5 Å². The molecule has 2 aliphatic heterocycles. The van der Waals surface area contributed by atoms with Gasteiger partial charge in [0.25, 0.3) is 0 Å². The zero-order valence-electron chi connectivity index (χ0n) is 17.0. The second kappa shape index (κ2) is 8.51. The number of hydrogen-bond donors (Lipinski definition) is 2. The normalized spacial score (nSPS) is 28.4. The van der Waals surface area contributed by atoms with Crippen molar-refractivity contribution in [1.82, 2.24) is 29.6 Å². The van der Waals surface area contributed by atoms with Crippen LogP contribution in [0.3, 0.4) is 0 Å². The molecule has 2 aromatic rings. The Morgan fingerprint density at radius 2 is 2.10 bits per heavy atom. The van der Waals surface area contributed by atoms with Crippen molar-refractivity contribution >= 4 is 17.5 Å². The summed E-state index contributed by atoms with van der Waals surface area (Å²) in [4.78, 5) is 11.2. The lowest BCUT2D eigenvalue weighted by Crippen LogP contribution is -2.42. The number of ether oxygens (including phenoxy) is 1. The molecular weight excluding hydrogens is 394 g/mol. The minimum absolute atomic E-state index is 0.159. The summed E-state index contributed by atoms with van der Waals surface area (Å²) in [7, 11) is 4.11. The highest BCUT2D eigenvalue weighted by Crippen LogP contribution is 2.33. The predicted molar refractivity (Wildman–Crippen MR) is 110 cm³/mol. The summed E-state index contributed by atoms with van der Waals surface area (Å²) < 4.78 is 7.27. The number of nitrogens with zero attached hydrogens (tertiary/aromatic N) is 6. The van der Waals surface area contributed by atoms with Crippen molar-refractivity contribution in [1.29, 1.82) is 0 Å².